The molecule has 1 saturated carbocycles. The van der Waals surface area contributed by atoms with Gasteiger partial charge in [0.15, 0.2) is 0 Å². The Hall–Kier alpha value is -2.80. The summed E-state index contributed by atoms with van der Waals surface area (Å²) in [7, 11) is 0. The number of hydrogen-bond acceptors (Lipinski definition) is 3. The number of nitrogens with one attached hydrogen (secondary N) is 1. The van der Waals surface area contributed by atoms with Gasteiger partial charge in [0.25, 0.3) is 5.91 Å². The molecule has 1 aliphatic heterocycles. The summed E-state index contributed by atoms with van der Waals surface area (Å²) in [5.41, 5.74) is 0.544. The van der Waals surface area contributed by atoms with Crippen molar-refractivity contribution >= 4 is 11.8 Å². The van der Waals surface area contributed by atoms with Crippen LogP contribution in [0.25, 0.3) is 0 Å². The van der Waals surface area contributed by atoms with Gasteiger partial charge in [0.2, 0.25) is 5.91 Å². The van der Waals surface area contributed by atoms with E-state index in [9.17, 15) is 18.4 Å². The number of carbonyl (C=O) groups excluding carboxylic acids is 2. The first-order chi connectivity index (χ1) is 15.5. The molecule has 0 bridgehead atoms. The van der Waals surface area contributed by atoms with Crippen LogP contribution in [-0.2, 0) is 11.3 Å². The lowest BCUT2D eigenvalue weighted by Gasteiger charge is -2.40. The van der Waals surface area contributed by atoms with Gasteiger partial charge in [0.05, 0.1) is 11.6 Å². The first-order valence-electron chi connectivity index (χ1n) is 11.3. The summed E-state index contributed by atoms with van der Waals surface area (Å²) >= 11 is 0. The maximum Gasteiger partial charge on any atom is 0.256 e. The van der Waals surface area contributed by atoms with Crippen LogP contribution in [-0.4, -0.2) is 53.8 Å². The van der Waals surface area contributed by atoms with Crippen LogP contribution in [0.4, 0.5) is 8.78 Å². The summed E-state index contributed by atoms with van der Waals surface area (Å²) < 4.78 is 28.0. The molecule has 0 aromatic heterocycles. The van der Waals surface area contributed by atoms with Gasteiger partial charge in [-0.15, -0.1) is 0 Å². The van der Waals surface area contributed by atoms with E-state index < -0.39 is 5.82 Å². The minimum atomic E-state index is -0.517. The maximum absolute atomic E-state index is 14.0. The molecule has 1 aliphatic carbocycles. The highest BCUT2D eigenvalue weighted by Gasteiger charge is 2.37. The first-order valence-corrected chi connectivity index (χ1v) is 11.3. The van der Waals surface area contributed by atoms with Crippen molar-refractivity contribution in [1.82, 2.24) is 15.1 Å². The number of rotatable bonds is 6. The molecule has 1 N–H and O–H groups in total. The third-order valence-corrected chi connectivity index (χ3v) is 6.63. The minimum Gasteiger partial charge on any atom is -0.351 e. The summed E-state index contributed by atoms with van der Waals surface area (Å²) in [4.78, 5) is 29.7. The summed E-state index contributed by atoms with van der Waals surface area (Å²) in [5, 5.41) is 2.93. The molecule has 32 heavy (non-hydrogen) atoms. The monoisotopic (exact) mass is 441 g/mol. The van der Waals surface area contributed by atoms with Crippen molar-refractivity contribution in [2.75, 3.05) is 26.2 Å². The third kappa shape index (κ3) is 4.99. The van der Waals surface area contributed by atoms with E-state index >= 15 is 0 Å². The van der Waals surface area contributed by atoms with Crippen LogP contribution in [0, 0.1) is 17.6 Å². The predicted octanol–water partition coefficient (Wildman–Crippen LogP) is 3.60. The van der Waals surface area contributed by atoms with Crippen molar-refractivity contribution in [2.24, 2.45) is 5.92 Å². The van der Waals surface area contributed by atoms with Crippen molar-refractivity contribution in [2.45, 2.75) is 38.3 Å². The van der Waals surface area contributed by atoms with Gasteiger partial charge >= 0.3 is 0 Å². The van der Waals surface area contributed by atoms with E-state index in [0.717, 1.165) is 25.7 Å². The van der Waals surface area contributed by atoms with Crippen LogP contribution in [0.3, 0.4) is 0 Å². The summed E-state index contributed by atoms with van der Waals surface area (Å²) in [5.74, 6) is -0.996. The molecule has 2 amide bonds. The molecule has 2 aromatic rings. The molecule has 5 nitrogen and oxygen atoms in total. The molecule has 1 atom stereocenters. The van der Waals surface area contributed by atoms with Crippen LogP contribution in [0.2, 0.25) is 0 Å². The lowest BCUT2D eigenvalue weighted by molar-refractivity contribution is -0.129. The fourth-order valence-corrected chi connectivity index (χ4v) is 4.89. The van der Waals surface area contributed by atoms with Crippen LogP contribution in [0.5, 0.6) is 0 Å². The van der Waals surface area contributed by atoms with Gasteiger partial charge in [-0.3, -0.25) is 14.5 Å². The Balaban J connectivity index is 1.40. The topological polar surface area (TPSA) is 52.7 Å². The lowest BCUT2D eigenvalue weighted by atomic mass is 9.94. The number of amides is 2. The smallest absolute Gasteiger partial charge is 0.256 e. The van der Waals surface area contributed by atoms with Gasteiger partial charge in [-0.25, -0.2) is 8.78 Å². The Kier molecular flexibility index (Phi) is 7.15. The normalized spacial score (nSPS) is 18.5. The van der Waals surface area contributed by atoms with Crippen molar-refractivity contribution in [3.8, 4) is 0 Å². The van der Waals surface area contributed by atoms with E-state index in [0.29, 0.717) is 31.7 Å². The maximum atomic E-state index is 14.0. The molecule has 1 saturated heterocycles. The van der Waals surface area contributed by atoms with Crippen molar-refractivity contribution in [1.29, 1.82) is 0 Å². The molecule has 7 heteroatoms. The molecule has 170 valence electrons. The SMILES string of the molecule is O=C(NCc1ccccc1F)C(C1CCCC1)N1CCN(C(=O)c2ccccc2F)CC1. The largest absolute Gasteiger partial charge is 0.351 e. The number of hydrogen-bond donors (Lipinski definition) is 1. The van der Waals surface area contributed by atoms with Gasteiger partial charge in [0.1, 0.15) is 11.6 Å². The molecule has 0 radical (unpaired) electrons. The Morgan fingerprint density at radius 1 is 0.906 bits per heavy atom. The van der Waals surface area contributed by atoms with Crippen LogP contribution in [0.1, 0.15) is 41.6 Å². The standard InChI is InChI=1S/C25H29F2N3O2/c26-21-11-5-3-9-19(21)17-28-24(31)23(18-7-1-2-8-18)29-13-15-30(16-14-29)25(32)20-10-4-6-12-22(20)27/h3-6,9-12,18,23H,1-2,7-8,13-17H2,(H,28,31). The van der Waals surface area contributed by atoms with Gasteiger partial charge in [-0.2, -0.15) is 0 Å². The van der Waals surface area contributed by atoms with Gasteiger partial charge in [-0.05, 0) is 37.0 Å². The van der Waals surface area contributed by atoms with E-state index in [-0.39, 0.29) is 41.7 Å². The predicted molar refractivity (Wildman–Crippen MR) is 118 cm³/mol. The van der Waals surface area contributed by atoms with Gasteiger partial charge in [-0.1, -0.05) is 43.2 Å². The minimum absolute atomic E-state index is 0.0796. The van der Waals surface area contributed by atoms with Crippen molar-refractivity contribution in [3.05, 3.63) is 71.3 Å². The number of benzene rings is 2. The Morgan fingerprint density at radius 2 is 1.53 bits per heavy atom. The summed E-state index contributed by atoms with van der Waals surface area (Å²) in [6.45, 7) is 2.14. The molecule has 1 heterocycles. The summed E-state index contributed by atoms with van der Waals surface area (Å²) in [6.07, 6.45) is 4.19. The summed E-state index contributed by atoms with van der Waals surface area (Å²) in [6, 6.07) is 12.2. The number of carbonyl (C=O) groups is 2. The van der Waals surface area contributed by atoms with E-state index in [2.05, 4.69) is 10.2 Å². The number of nitrogens with zero attached hydrogens (tertiary/aromatic N) is 2. The second-order valence-corrected chi connectivity index (χ2v) is 8.61. The molecular weight excluding hydrogens is 412 g/mol. The number of halogens is 2. The third-order valence-electron chi connectivity index (χ3n) is 6.63. The zero-order valence-corrected chi connectivity index (χ0v) is 18.1. The second kappa shape index (κ2) is 10.2. The van der Waals surface area contributed by atoms with E-state index in [1.165, 1.54) is 18.2 Å². The highest BCUT2D eigenvalue weighted by atomic mass is 19.1. The Labute approximate surface area is 187 Å². The molecule has 2 aliphatic rings. The average molecular weight is 442 g/mol. The van der Waals surface area contributed by atoms with Gasteiger partial charge < -0.3 is 10.2 Å². The quantitative estimate of drug-likeness (QED) is 0.745. The molecule has 2 aromatic carbocycles. The van der Waals surface area contributed by atoms with E-state index in [1.54, 1.807) is 35.2 Å². The first kappa shape index (κ1) is 22.4. The van der Waals surface area contributed by atoms with Crippen LogP contribution in [0.15, 0.2) is 48.5 Å². The fraction of sp³-hybridized carbons (Fsp3) is 0.440. The molecule has 2 fully saturated rings. The number of piperazine rings is 1. The zero-order valence-electron chi connectivity index (χ0n) is 18.1. The van der Waals surface area contributed by atoms with Crippen LogP contribution >= 0.6 is 0 Å². The Bertz CT molecular complexity index is 954. The zero-order chi connectivity index (χ0) is 22.5. The Morgan fingerprint density at radius 3 is 2.19 bits per heavy atom. The molecule has 1 unspecified atom stereocenters. The fourth-order valence-electron chi connectivity index (χ4n) is 4.89. The lowest BCUT2D eigenvalue weighted by Crippen LogP contribution is -2.58. The highest BCUT2D eigenvalue weighted by molar-refractivity contribution is 5.94. The molecule has 4 rings (SSSR count). The second-order valence-electron chi connectivity index (χ2n) is 8.61. The van der Waals surface area contributed by atoms with Crippen molar-refractivity contribution in [3.63, 3.8) is 0 Å². The highest BCUT2D eigenvalue weighted by Crippen LogP contribution is 2.31. The van der Waals surface area contributed by atoms with E-state index in [1.807, 2.05) is 0 Å². The average Bonchev–Trinajstić information content (AvgIpc) is 3.33. The molecular formula is C25H29F2N3O2. The van der Waals surface area contributed by atoms with Gasteiger partial charge in [0, 0.05) is 38.3 Å². The molecule has 0 spiro atoms. The van der Waals surface area contributed by atoms with Crippen LogP contribution < -0.4 is 5.32 Å². The van der Waals surface area contributed by atoms with Crippen molar-refractivity contribution < 1.29 is 18.4 Å². The van der Waals surface area contributed by atoms with E-state index in [4.69, 9.17) is 0 Å².